The molecule has 144 valence electrons. The Labute approximate surface area is 155 Å². The SMILES string of the molecule is CCCC1(CCC)NC(=O)N(CC(O)COc2ccc(CC)cc2)C1=O. The van der Waals surface area contributed by atoms with E-state index in [1.54, 1.807) is 0 Å². The van der Waals surface area contributed by atoms with Gasteiger partial charge in [0.2, 0.25) is 0 Å². The van der Waals surface area contributed by atoms with Crippen molar-refractivity contribution in [1.82, 2.24) is 10.2 Å². The van der Waals surface area contributed by atoms with Gasteiger partial charge in [-0.2, -0.15) is 0 Å². The van der Waals surface area contributed by atoms with Crippen LogP contribution in [0.5, 0.6) is 5.75 Å². The van der Waals surface area contributed by atoms with E-state index >= 15 is 0 Å². The number of hydrogen-bond acceptors (Lipinski definition) is 4. The van der Waals surface area contributed by atoms with Crippen LogP contribution in [0, 0.1) is 0 Å². The number of aliphatic hydroxyl groups excluding tert-OH is 1. The lowest BCUT2D eigenvalue weighted by Crippen LogP contribution is -2.47. The minimum absolute atomic E-state index is 0.0249. The maximum absolute atomic E-state index is 12.8. The van der Waals surface area contributed by atoms with E-state index in [-0.39, 0.29) is 19.1 Å². The Morgan fingerprint density at radius 1 is 1.12 bits per heavy atom. The van der Waals surface area contributed by atoms with E-state index in [4.69, 9.17) is 4.74 Å². The molecule has 1 fully saturated rings. The first kappa shape index (κ1) is 20.2. The molecule has 0 bridgehead atoms. The molecule has 1 aliphatic heterocycles. The molecule has 1 aromatic rings. The molecule has 1 aromatic carbocycles. The van der Waals surface area contributed by atoms with E-state index < -0.39 is 17.7 Å². The average Bonchev–Trinajstić information content (AvgIpc) is 2.85. The third-order valence-electron chi connectivity index (χ3n) is 4.77. The number of aliphatic hydroxyl groups is 1. The van der Waals surface area contributed by atoms with Crippen LogP contribution in [0.4, 0.5) is 4.79 Å². The second-order valence-corrected chi connectivity index (χ2v) is 6.89. The van der Waals surface area contributed by atoms with Crippen LogP contribution >= 0.6 is 0 Å². The zero-order valence-electron chi connectivity index (χ0n) is 16.0. The van der Waals surface area contributed by atoms with Gasteiger partial charge in [0.25, 0.3) is 5.91 Å². The Morgan fingerprint density at radius 3 is 2.27 bits per heavy atom. The Balaban J connectivity index is 1.93. The predicted octanol–water partition coefficient (Wildman–Crippen LogP) is 2.88. The van der Waals surface area contributed by atoms with Crippen LogP contribution in [-0.2, 0) is 11.2 Å². The minimum atomic E-state index is -0.936. The van der Waals surface area contributed by atoms with Crippen LogP contribution in [0.15, 0.2) is 24.3 Å². The topological polar surface area (TPSA) is 78.9 Å². The molecule has 0 spiro atoms. The molecule has 6 heteroatoms. The van der Waals surface area contributed by atoms with Gasteiger partial charge in [0.05, 0.1) is 6.54 Å². The fourth-order valence-electron chi connectivity index (χ4n) is 3.44. The fourth-order valence-corrected chi connectivity index (χ4v) is 3.44. The highest BCUT2D eigenvalue weighted by Gasteiger charge is 2.50. The van der Waals surface area contributed by atoms with Crippen LogP contribution in [-0.4, -0.2) is 46.7 Å². The highest BCUT2D eigenvalue weighted by Crippen LogP contribution is 2.28. The molecule has 2 N–H and O–H groups in total. The van der Waals surface area contributed by atoms with Crippen molar-refractivity contribution in [2.24, 2.45) is 0 Å². The number of nitrogens with zero attached hydrogens (tertiary/aromatic N) is 1. The molecular formula is C20H30N2O4. The summed E-state index contributed by atoms with van der Waals surface area (Å²) in [5.41, 5.74) is 0.386. The Bertz CT molecular complexity index is 609. The molecule has 2 rings (SSSR count). The first-order valence-electron chi connectivity index (χ1n) is 9.49. The Hall–Kier alpha value is -2.08. The van der Waals surface area contributed by atoms with E-state index in [2.05, 4.69) is 12.2 Å². The third-order valence-corrected chi connectivity index (χ3v) is 4.77. The molecule has 1 aliphatic rings. The van der Waals surface area contributed by atoms with Gasteiger partial charge in [0.15, 0.2) is 0 Å². The summed E-state index contributed by atoms with van der Waals surface area (Å²) in [6.07, 6.45) is 2.84. The number of β-amino-alcohol motifs (C(OH)–C–C–N with tert-alkyl or cyclic N) is 1. The van der Waals surface area contributed by atoms with Crippen LogP contribution in [0.1, 0.15) is 52.0 Å². The molecule has 6 nitrogen and oxygen atoms in total. The van der Waals surface area contributed by atoms with E-state index in [1.807, 2.05) is 38.1 Å². The molecule has 0 saturated carbocycles. The van der Waals surface area contributed by atoms with Crippen LogP contribution in [0.25, 0.3) is 0 Å². The molecule has 1 atom stereocenters. The summed E-state index contributed by atoms with van der Waals surface area (Å²) in [5.74, 6) is 0.419. The number of benzene rings is 1. The van der Waals surface area contributed by atoms with Crippen LogP contribution in [0.2, 0.25) is 0 Å². The first-order valence-corrected chi connectivity index (χ1v) is 9.49. The number of imide groups is 1. The lowest BCUT2D eigenvalue weighted by molar-refractivity contribution is -0.133. The van der Waals surface area contributed by atoms with Gasteiger partial charge >= 0.3 is 6.03 Å². The smallest absolute Gasteiger partial charge is 0.325 e. The highest BCUT2D eigenvalue weighted by atomic mass is 16.5. The highest BCUT2D eigenvalue weighted by molar-refractivity contribution is 6.07. The normalized spacial score (nSPS) is 17.3. The molecule has 1 unspecified atom stereocenters. The van der Waals surface area contributed by atoms with Gasteiger partial charge in [-0.05, 0) is 37.0 Å². The summed E-state index contributed by atoms with van der Waals surface area (Å²) in [4.78, 5) is 26.2. The number of aryl methyl sites for hydroxylation is 1. The van der Waals surface area contributed by atoms with E-state index in [0.717, 1.165) is 24.2 Å². The number of carbonyl (C=O) groups excluding carboxylic acids is 2. The molecule has 1 saturated heterocycles. The van der Waals surface area contributed by atoms with Gasteiger partial charge in [-0.3, -0.25) is 9.69 Å². The molecular weight excluding hydrogens is 332 g/mol. The van der Waals surface area contributed by atoms with Gasteiger partial charge in [0.1, 0.15) is 24.0 Å². The lowest BCUT2D eigenvalue weighted by Gasteiger charge is -2.26. The van der Waals surface area contributed by atoms with E-state index in [0.29, 0.717) is 18.6 Å². The Morgan fingerprint density at radius 2 is 1.73 bits per heavy atom. The standard InChI is InChI=1S/C20H30N2O4/c1-4-11-20(12-5-2)18(24)22(19(25)21-20)13-16(23)14-26-17-9-7-15(6-3)8-10-17/h7-10,16,23H,4-6,11-14H2,1-3H3,(H,21,25). The summed E-state index contributed by atoms with van der Waals surface area (Å²) >= 11 is 0. The number of amides is 3. The van der Waals surface area contributed by atoms with Gasteiger partial charge < -0.3 is 15.2 Å². The minimum Gasteiger partial charge on any atom is -0.491 e. The van der Waals surface area contributed by atoms with Crippen molar-refractivity contribution in [3.05, 3.63) is 29.8 Å². The number of hydrogen-bond donors (Lipinski definition) is 2. The summed E-state index contributed by atoms with van der Waals surface area (Å²) in [7, 11) is 0. The zero-order chi connectivity index (χ0) is 19.2. The number of nitrogens with one attached hydrogen (secondary N) is 1. The van der Waals surface area contributed by atoms with Crippen molar-refractivity contribution < 1.29 is 19.4 Å². The molecule has 1 heterocycles. The monoisotopic (exact) mass is 362 g/mol. The Kier molecular flexibility index (Phi) is 7.03. The number of rotatable bonds is 10. The summed E-state index contributed by atoms with van der Waals surface area (Å²) in [5, 5.41) is 13.1. The van der Waals surface area contributed by atoms with E-state index in [1.165, 1.54) is 5.56 Å². The van der Waals surface area contributed by atoms with Gasteiger partial charge in [0, 0.05) is 0 Å². The van der Waals surface area contributed by atoms with E-state index in [9.17, 15) is 14.7 Å². The maximum Gasteiger partial charge on any atom is 0.325 e. The van der Waals surface area contributed by atoms with Gasteiger partial charge in [-0.25, -0.2) is 4.79 Å². The number of ether oxygens (including phenoxy) is 1. The van der Waals surface area contributed by atoms with Crippen molar-refractivity contribution in [3.63, 3.8) is 0 Å². The molecule has 26 heavy (non-hydrogen) atoms. The predicted molar refractivity (Wildman–Crippen MR) is 100 cm³/mol. The number of urea groups is 1. The maximum atomic E-state index is 12.8. The van der Waals surface area contributed by atoms with Crippen LogP contribution in [0.3, 0.4) is 0 Å². The van der Waals surface area contributed by atoms with Crippen molar-refractivity contribution in [2.75, 3.05) is 13.2 Å². The third kappa shape index (κ3) is 4.55. The summed E-state index contributed by atoms with van der Waals surface area (Å²) < 4.78 is 5.58. The van der Waals surface area contributed by atoms with Crippen molar-refractivity contribution in [3.8, 4) is 5.75 Å². The molecule has 3 amide bonds. The second kappa shape index (κ2) is 9.03. The first-order chi connectivity index (χ1) is 12.5. The van der Waals surface area contributed by atoms with Crippen LogP contribution < -0.4 is 10.1 Å². The van der Waals surface area contributed by atoms with Crippen molar-refractivity contribution in [2.45, 2.75) is 64.5 Å². The lowest BCUT2D eigenvalue weighted by atomic mass is 9.88. The second-order valence-electron chi connectivity index (χ2n) is 6.89. The largest absolute Gasteiger partial charge is 0.491 e. The molecule has 0 aliphatic carbocycles. The summed E-state index contributed by atoms with van der Waals surface area (Å²) in [6, 6.07) is 7.23. The van der Waals surface area contributed by atoms with Crippen molar-refractivity contribution in [1.29, 1.82) is 0 Å². The van der Waals surface area contributed by atoms with Crippen molar-refractivity contribution >= 4 is 11.9 Å². The quantitative estimate of drug-likeness (QED) is 0.627. The molecule has 0 radical (unpaired) electrons. The molecule has 0 aromatic heterocycles. The zero-order valence-corrected chi connectivity index (χ0v) is 16.0. The van der Waals surface area contributed by atoms with Gasteiger partial charge in [-0.1, -0.05) is 45.7 Å². The summed E-state index contributed by atoms with van der Waals surface area (Å²) in [6.45, 7) is 6.02. The average molecular weight is 362 g/mol. The number of carbonyl (C=O) groups is 2. The fraction of sp³-hybridized carbons (Fsp3) is 0.600. The van der Waals surface area contributed by atoms with Gasteiger partial charge in [-0.15, -0.1) is 0 Å².